The van der Waals surface area contributed by atoms with Crippen molar-refractivity contribution in [2.45, 2.75) is 89.2 Å². The molecular formula is C24H42O4Si. The van der Waals surface area contributed by atoms with Crippen LogP contribution in [0.4, 0.5) is 0 Å². The number of aryl methyl sites for hydroxylation is 1. The predicted octanol–water partition coefficient (Wildman–Crippen LogP) is 6.12. The number of hydrogen-bond donors (Lipinski definition) is 0. The maximum atomic E-state index is 6.13. The van der Waals surface area contributed by atoms with Crippen LogP contribution in [0.15, 0.2) is 24.3 Å². The van der Waals surface area contributed by atoms with Gasteiger partial charge in [0.15, 0.2) is 0 Å². The fourth-order valence-electron chi connectivity index (χ4n) is 4.37. The highest BCUT2D eigenvalue weighted by molar-refractivity contribution is 6.60. The Morgan fingerprint density at radius 3 is 2.07 bits per heavy atom. The maximum absolute atomic E-state index is 6.13. The number of ether oxygens (including phenoxy) is 1. The molecule has 1 aromatic carbocycles. The molecule has 5 heteroatoms. The van der Waals surface area contributed by atoms with Gasteiger partial charge in [0.2, 0.25) is 0 Å². The molecule has 4 nitrogen and oxygen atoms in total. The van der Waals surface area contributed by atoms with Gasteiger partial charge in [-0.05, 0) is 62.0 Å². The van der Waals surface area contributed by atoms with Gasteiger partial charge >= 0.3 is 8.80 Å². The first-order valence-corrected chi connectivity index (χ1v) is 13.5. The number of benzene rings is 1. The minimum Gasteiger partial charge on any atom is -0.378 e. The molecule has 0 bridgehead atoms. The molecule has 0 spiro atoms. The van der Waals surface area contributed by atoms with Gasteiger partial charge in [0.1, 0.15) is 0 Å². The van der Waals surface area contributed by atoms with Crippen LogP contribution in [0.5, 0.6) is 0 Å². The summed E-state index contributed by atoms with van der Waals surface area (Å²) in [6.45, 7) is 3.03. The summed E-state index contributed by atoms with van der Waals surface area (Å²) in [4.78, 5) is 0. The van der Waals surface area contributed by atoms with E-state index in [1.807, 2.05) is 0 Å². The number of unbranched alkanes of at least 4 members (excludes halogenated alkanes) is 3. The van der Waals surface area contributed by atoms with Gasteiger partial charge in [-0.15, -0.1) is 0 Å². The zero-order valence-corrected chi connectivity index (χ0v) is 20.1. The highest BCUT2D eigenvalue weighted by atomic mass is 28.4. The van der Waals surface area contributed by atoms with Gasteiger partial charge in [-0.25, -0.2) is 0 Å². The van der Waals surface area contributed by atoms with Crippen LogP contribution in [-0.2, 0) is 24.4 Å². The van der Waals surface area contributed by atoms with E-state index in [9.17, 15) is 0 Å². The second kappa shape index (κ2) is 13.6. The van der Waals surface area contributed by atoms with Gasteiger partial charge in [0.25, 0.3) is 0 Å². The lowest BCUT2D eigenvalue weighted by molar-refractivity contribution is 0.0225. The first-order chi connectivity index (χ1) is 14.2. The van der Waals surface area contributed by atoms with Crippen molar-refractivity contribution < 1.29 is 18.0 Å². The minimum atomic E-state index is -2.46. The summed E-state index contributed by atoms with van der Waals surface area (Å²) in [5.74, 6) is 0.694. The van der Waals surface area contributed by atoms with Crippen molar-refractivity contribution in [1.29, 1.82) is 0 Å². The van der Waals surface area contributed by atoms with Gasteiger partial charge in [0.05, 0.1) is 6.10 Å². The summed E-state index contributed by atoms with van der Waals surface area (Å²) in [6.07, 6.45) is 12.6. The Kier molecular flexibility index (Phi) is 11.5. The summed E-state index contributed by atoms with van der Waals surface area (Å²) in [5, 5.41) is 0. The van der Waals surface area contributed by atoms with Crippen LogP contribution in [-0.4, -0.2) is 42.8 Å². The van der Waals surface area contributed by atoms with Crippen LogP contribution in [0.3, 0.4) is 0 Å². The van der Waals surface area contributed by atoms with E-state index in [1.54, 1.807) is 21.3 Å². The Hall–Kier alpha value is -0.723. The molecule has 0 atom stereocenters. The van der Waals surface area contributed by atoms with E-state index in [4.69, 9.17) is 18.0 Å². The Morgan fingerprint density at radius 2 is 1.48 bits per heavy atom. The molecule has 0 saturated heterocycles. The van der Waals surface area contributed by atoms with Crippen LogP contribution < -0.4 is 0 Å². The standard InChI is InChI=1S/C24H42O4Si/c1-5-6-7-8-10-21-11-13-22(14-12-21)23-15-17-24(18-16-23)28-19-9-20-29(25-2,26-3)27-4/h11-14,23-24H,5-10,15-20H2,1-4H3. The zero-order chi connectivity index (χ0) is 21.0. The third-order valence-corrected chi connectivity index (χ3v) is 9.19. The fourth-order valence-corrected chi connectivity index (χ4v) is 6.06. The zero-order valence-electron chi connectivity index (χ0n) is 19.1. The summed E-state index contributed by atoms with van der Waals surface area (Å²) >= 11 is 0. The van der Waals surface area contributed by atoms with E-state index in [-0.39, 0.29) is 0 Å². The van der Waals surface area contributed by atoms with Crippen molar-refractivity contribution in [2.75, 3.05) is 27.9 Å². The maximum Gasteiger partial charge on any atom is 0.500 e. The van der Waals surface area contributed by atoms with Crippen LogP contribution in [0.25, 0.3) is 0 Å². The molecule has 1 aromatic rings. The van der Waals surface area contributed by atoms with Crippen molar-refractivity contribution in [2.24, 2.45) is 0 Å². The first-order valence-electron chi connectivity index (χ1n) is 11.5. The second-order valence-electron chi connectivity index (χ2n) is 8.30. The quantitative estimate of drug-likeness (QED) is 0.267. The molecule has 166 valence electrons. The van der Waals surface area contributed by atoms with Crippen LogP contribution >= 0.6 is 0 Å². The summed E-state index contributed by atoms with van der Waals surface area (Å²) in [6, 6.07) is 10.2. The van der Waals surface area contributed by atoms with Gasteiger partial charge in [-0.3, -0.25) is 0 Å². The monoisotopic (exact) mass is 422 g/mol. The van der Waals surface area contributed by atoms with E-state index < -0.39 is 8.80 Å². The summed E-state index contributed by atoms with van der Waals surface area (Å²) < 4.78 is 22.5. The third-order valence-electron chi connectivity index (χ3n) is 6.36. The van der Waals surface area contributed by atoms with Crippen molar-refractivity contribution in [3.05, 3.63) is 35.4 Å². The van der Waals surface area contributed by atoms with E-state index >= 15 is 0 Å². The molecule has 1 saturated carbocycles. The van der Waals surface area contributed by atoms with E-state index in [0.717, 1.165) is 31.9 Å². The molecule has 29 heavy (non-hydrogen) atoms. The molecule has 0 aliphatic heterocycles. The molecule has 1 fully saturated rings. The lowest BCUT2D eigenvalue weighted by Crippen LogP contribution is -2.42. The molecule has 0 heterocycles. The van der Waals surface area contributed by atoms with Gasteiger partial charge < -0.3 is 18.0 Å². The molecule has 0 amide bonds. The fraction of sp³-hybridized carbons (Fsp3) is 0.750. The summed E-state index contributed by atoms with van der Waals surface area (Å²) in [7, 11) is 2.54. The average Bonchev–Trinajstić information content (AvgIpc) is 2.78. The smallest absolute Gasteiger partial charge is 0.378 e. The Morgan fingerprint density at radius 1 is 0.828 bits per heavy atom. The van der Waals surface area contributed by atoms with Crippen molar-refractivity contribution >= 4 is 8.80 Å². The topological polar surface area (TPSA) is 36.9 Å². The molecular weight excluding hydrogens is 380 g/mol. The second-order valence-corrected chi connectivity index (χ2v) is 11.4. The minimum absolute atomic E-state index is 0.396. The molecule has 1 aliphatic carbocycles. The molecule has 0 unspecified atom stereocenters. The van der Waals surface area contributed by atoms with Gasteiger partial charge in [-0.1, -0.05) is 50.5 Å². The molecule has 2 rings (SSSR count). The summed E-state index contributed by atoms with van der Waals surface area (Å²) in [5.41, 5.74) is 3.00. The highest BCUT2D eigenvalue weighted by Gasteiger charge is 2.37. The normalized spacial score (nSPS) is 20.1. The molecule has 1 aliphatic rings. The van der Waals surface area contributed by atoms with Crippen molar-refractivity contribution in [3.8, 4) is 0 Å². The Labute approximate surface area is 179 Å². The molecule has 0 aromatic heterocycles. The number of hydrogen-bond acceptors (Lipinski definition) is 4. The Balaban J connectivity index is 1.66. The third kappa shape index (κ3) is 8.14. The molecule has 0 radical (unpaired) electrons. The van der Waals surface area contributed by atoms with Crippen molar-refractivity contribution in [3.63, 3.8) is 0 Å². The first kappa shape index (κ1) is 24.5. The largest absolute Gasteiger partial charge is 0.500 e. The van der Waals surface area contributed by atoms with Crippen LogP contribution in [0.2, 0.25) is 6.04 Å². The predicted molar refractivity (Wildman–Crippen MR) is 121 cm³/mol. The average molecular weight is 423 g/mol. The van der Waals surface area contributed by atoms with Gasteiger partial charge in [-0.2, -0.15) is 0 Å². The Bertz CT molecular complexity index is 528. The SMILES string of the molecule is CCCCCCc1ccc(C2CCC(OCCC[Si](OC)(OC)OC)CC2)cc1. The number of rotatable bonds is 14. The lowest BCUT2D eigenvalue weighted by atomic mass is 9.82. The lowest BCUT2D eigenvalue weighted by Gasteiger charge is -2.29. The van der Waals surface area contributed by atoms with Crippen LogP contribution in [0, 0.1) is 0 Å². The van der Waals surface area contributed by atoms with Crippen molar-refractivity contribution in [1.82, 2.24) is 0 Å². The van der Waals surface area contributed by atoms with Crippen LogP contribution in [0.1, 0.15) is 81.8 Å². The van der Waals surface area contributed by atoms with E-state index in [2.05, 4.69) is 31.2 Å². The van der Waals surface area contributed by atoms with E-state index in [1.165, 1.54) is 56.1 Å². The van der Waals surface area contributed by atoms with E-state index in [0.29, 0.717) is 12.0 Å². The molecule has 0 N–H and O–H groups in total. The highest BCUT2D eigenvalue weighted by Crippen LogP contribution is 2.34. The van der Waals surface area contributed by atoms with Gasteiger partial charge in [0, 0.05) is 34.0 Å².